The number of allylic oxidation sites excluding steroid dienone is 10. The highest BCUT2D eigenvalue weighted by molar-refractivity contribution is 6.04. The van der Waals surface area contributed by atoms with Crippen LogP contribution in [-0.2, 0) is 4.74 Å². The Morgan fingerprint density at radius 2 is 1.76 bits per heavy atom. The predicted octanol–water partition coefficient (Wildman–Crippen LogP) is 10.2. The average molecular weight is 621 g/mol. The zero-order valence-corrected chi connectivity index (χ0v) is 31.0. The van der Waals surface area contributed by atoms with Gasteiger partial charge in [0, 0.05) is 48.7 Å². The first-order valence-electron chi connectivity index (χ1n) is 17.4. The first-order chi connectivity index (χ1) is 21.3. The van der Waals surface area contributed by atoms with Crippen molar-refractivity contribution in [3.63, 3.8) is 0 Å². The molecule has 1 amide bonds. The maximum absolute atomic E-state index is 13.0. The second kappa shape index (κ2) is 19.4. The van der Waals surface area contributed by atoms with E-state index in [1.165, 1.54) is 28.1 Å². The number of hydrogen-bond donors (Lipinski definition) is 0. The van der Waals surface area contributed by atoms with Crippen LogP contribution in [0.25, 0.3) is 0 Å². The number of piperazine rings is 1. The summed E-state index contributed by atoms with van der Waals surface area (Å²) in [5.41, 5.74) is 6.58. The van der Waals surface area contributed by atoms with Gasteiger partial charge in [-0.1, -0.05) is 58.4 Å². The Balaban J connectivity index is 0.00000496. The molecule has 1 aliphatic carbocycles. The first kappa shape index (κ1) is 40.0. The van der Waals surface area contributed by atoms with Gasteiger partial charge in [-0.15, -0.1) is 0 Å². The molecule has 0 bridgehead atoms. The standard InChI is InChI=1S/C37H58N4O2.C2H6/c1-12-31-20-17-18-30(23-38)22-32(31)19-15-16-21-34(39-14-3)35(33(13-2)26(4)5)29(8)40-24-28(7)41(25-27(40)6)36(42)43-37(9,10)11;1-2/h13,17-18,20,22,26-28,31H,12,14-16,19,21,24-25H2,1-11H3;1-2H3/b33-13-,35-29+,39-34?;/t27-,28+,31?;/m0./s1. The molecule has 0 aromatic rings. The van der Waals surface area contributed by atoms with Crippen LogP contribution in [0.15, 0.2) is 63.4 Å². The number of carbonyl (C=O) groups is 1. The van der Waals surface area contributed by atoms with Crippen LogP contribution in [-0.4, -0.2) is 58.9 Å². The van der Waals surface area contributed by atoms with Crippen LogP contribution in [0.1, 0.15) is 122 Å². The van der Waals surface area contributed by atoms with Crippen LogP contribution in [0.2, 0.25) is 0 Å². The molecule has 1 unspecified atom stereocenters. The van der Waals surface area contributed by atoms with E-state index >= 15 is 0 Å². The molecule has 0 aromatic carbocycles. The van der Waals surface area contributed by atoms with Gasteiger partial charge in [-0.3, -0.25) is 4.99 Å². The minimum Gasteiger partial charge on any atom is -0.444 e. The Kier molecular flexibility index (Phi) is 17.3. The Hall–Kier alpha value is -3.07. The molecular formula is C39H64N4O2. The Morgan fingerprint density at radius 3 is 2.29 bits per heavy atom. The lowest BCUT2D eigenvalue weighted by Crippen LogP contribution is -2.58. The molecule has 0 radical (unpaired) electrons. The second-order valence-electron chi connectivity index (χ2n) is 13.3. The summed E-state index contributed by atoms with van der Waals surface area (Å²) in [6, 6.07) is 2.50. The van der Waals surface area contributed by atoms with Gasteiger partial charge < -0.3 is 14.5 Å². The van der Waals surface area contributed by atoms with Crippen molar-refractivity contribution in [2.24, 2.45) is 16.8 Å². The lowest BCUT2D eigenvalue weighted by molar-refractivity contribution is -0.00420. The molecule has 1 aliphatic heterocycles. The van der Waals surface area contributed by atoms with Crippen molar-refractivity contribution in [1.29, 1.82) is 5.26 Å². The molecule has 6 nitrogen and oxygen atoms in total. The molecule has 1 fully saturated rings. The van der Waals surface area contributed by atoms with Crippen molar-refractivity contribution >= 4 is 11.8 Å². The van der Waals surface area contributed by atoms with E-state index in [2.05, 4.69) is 84.6 Å². The molecule has 1 saturated heterocycles. The van der Waals surface area contributed by atoms with Gasteiger partial charge in [-0.2, -0.15) is 5.26 Å². The van der Waals surface area contributed by atoms with Gasteiger partial charge >= 0.3 is 6.09 Å². The predicted molar refractivity (Wildman–Crippen MR) is 192 cm³/mol. The molecule has 3 atom stereocenters. The summed E-state index contributed by atoms with van der Waals surface area (Å²) < 4.78 is 5.73. The molecule has 1 heterocycles. The Bertz CT molecular complexity index is 1190. The summed E-state index contributed by atoms with van der Waals surface area (Å²) in [6.07, 6.45) is 15.3. The lowest BCUT2D eigenvalue weighted by Gasteiger charge is -2.46. The van der Waals surface area contributed by atoms with E-state index in [4.69, 9.17) is 9.73 Å². The Labute approximate surface area is 276 Å². The fourth-order valence-corrected chi connectivity index (χ4v) is 6.26. The van der Waals surface area contributed by atoms with E-state index < -0.39 is 5.60 Å². The summed E-state index contributed by atoms with van der Waals surface area (Å²) in [5.74, 6) is 0.749. The van der Waals surface area contributed by atoms with Crippen LogP contribution < -0.4 is 0 Å². The smallest absolute Gasteiger partial charge is 0.410 e. The van der Waals surface area contributed by atoms with Crippen molar-refractivity contribution in [2.45, 2.75) is 140 Å². The van der Waals surface area contributed by atoms with Gasteiger partial charge in [0.2, 0.25) is 0 Å². The summed E-state index contributed by atoms with van der Waals surface area (Å²) in [4.78, 5) is 22.5. The molecule has 2 rings (SSSR count). The molecule has 6 heteroatoms. The number of amides is 1. The molecule has 0 saturated carbocycles. The third-order valence-corrected chi connectivity index (χ3v) is 8.40. The number of rotatable bonds is 11. The van der Waals surface area contributed by atoms with Crippen LogP contribution in [0.3, 0.4) is 0 Å². The second-order valence-corrected chi connectivity index (χ2v) is 13.3. The quantitative estimate of drug-likeness (QED) is 0.131. The summed E-state index contributed by atoms with van der Waals surface area (Å²) in [6.45, 7) is 29.4. The maximum atomic E-state index is 13.0. The normalized spacial score (nSPS) is 21.7. The van der Waals surface area contributed by atoms with E-state index in [0.717, 1.165) is 50.8 Å². The van der Waals surface area contributed by atoms with E-state index in [9.17, 15) is 10.1 Å². The number of unbranched alkanes of at least 4 members (excludes halogenated alkanes) is 1. The monoisotopic (exact) mass is 621 g/mol. The van der Waals surface area contributed by atoms with Crippen LogP contribution in [0.4, 0.5) is 4.79 Å². The zero-order valence-electron chi connectivity index (χ0n) is 31.0. The third kappa shape index (κ3) is 12.0. The van der Waals surface area contributed by atoms with E-state index in [1.807, 2.05) is 51.7 Å². The van der Waals surface area contributed by atoms with E-state index in [1.54, 1.807) is 0 Å². The number of carbonyl (C=O) groups excluding carboxylic acids is 1. The highest BCUT2D eigenvalue weighted by atomic mass is 16.6. The number of nitrogens with zero attached hydrogens (tertiary/aromatic N) is 4. The minimum atomic E-state index is -0.515. The Morgan fingerprint density at radius 1 is 1.13 bits per heavy atom. The number of hydrogen-bond acceptors (Lipinski definition) is 5. The molecule has 0 N–H and O–H groups in total. The maximum Gasteiger partial charge on any atom is 0.410 e. The summed E-state index contributed by atoms with van der Waals surface area (Å²) in [7, 11) is 0. The fraction of sp³-hybridized carbons (Fsp3) is 0.667. The number of ether oxygens (including phenoxy) is 1. The third-order valence-electron chi connectivity index (χ3n) is 8.40. The molecule has 0 aromatic heterocycles. The van der Waals surface area contributed by atoms with Gasteiger partial charge in [-0.25, -0.2) is 4.79 Å². The largest absolute Gasteiger partial charge is 0.444 e. The summed E-state index contributed by atoms with van der Waals surface area (Å²) >= 11 is 0. The number of aliphatic imine (C=N–C) groups is 1. The fourth-order valence-electron chi connectivity index (χ4n) is 6.26. The minimum absolute atomic E-state index is 0.0303. The van der Waals surface area contributed by atoms with E-state index in [0.29, 0.717) is 18.4 Å². The van der Waals surface area contributed by atoms with Gasteiger partial charge in [0.1, 0.15) is 5.60 Å². The average Bonchev–Trinajstić information content (AvgIpc) is 3.19. The highest BCUT2D eigenvalue weighted by Crippen LogP contribution is 2.32. The van der Waals surface area contributed by atoms with Crippen molar-refractivity contribution < 1.29 is 9.53 Å². The van der Waals surface area contributed by atoms with Crippen LogP contribution in [0, 0.1) is 23.2 Å². The SMILES string of the molecule is C/C=C(\C(C(CCCCC1=CC(C#N)=CC=CC1CC)=NCC)=C(\C)N1C[C@@H](C)N(C(=O)OC(C)(C)C)C[C@@H]1C)C(C)C.CC. The van der Waals surface area contributed by atoms with Gasteiger partial charge in [0.25, 0.3) is 0 Å². The van der Waals surface area contributed by atoms with E-state index in [-0.39, 0.29) is 18.2 Å². The molecule has 45 heavy (non-hydrogen) atoms. The lowest BCUT2D eigenvalue weighted by atomic mass is 9.86. The van der Waals surface area contributed by atoms with Crippen LogP contribution >= 0.6 is 0 Å². The molecule has 0 spiro atoms. The molecular weight excluding hydrogens is 556 g/mol. The van der Waals surface area contributed by atoms with Crippen molar-refractivity contribution in [2.75, 3.05) is 19.6 Å². The van der Waals surface area contributed by atoms with Gasteiger partial charge in [0.15, 0.2) is 0 Å². The zero-order chi connectivity index (χ0) is 34.3. The van der Waals surface area contributed by atoms with Gasteiger partial charge in [-0.05, 0) is 117 Å². The highest BCUT2D eigenvalue weighted by Gasteiger charge is 2.36. The van der Waals surface area contributed by atoms with Crippen molar-refractivity contribution in [3.05, 3.63) is 58.4 Å². The summed E-state index contributed by atoms with van der Waals surface area (Å²) in [5, 5.41) is 9.51. The van der Waals surface area contributed by atoms with Crippen LogP contribution in [0.5, 0.6) is 0 Å². The molecule has 252 valence electrons. The first-order valence-corrected chi connectivity index (χ1v) is 17.4. The van der Waals surface area contributed by atoms with Crippen molar-refractivity contribution in [1.82, 2.24) is 9.80 Å². The van der Waals surface area contributed by atoms with Crippen molar-refractivity contribution in [3.8, 4) is 6.07 Å². The van der Waals surface area contributed by atoms with Gasteiger partial charge in [0.05, 0.1) is 11.6 Å². The number of nitriles is 1. The topological polar surface area (TPSA) is 68.9 Å². The molecule has 2 aliphatic rings.